The van der Waals surface area contributed by atoms with Crippen LogP contribution in [0, 0.1) is 11.3 Å². The minimum Gasteiger partial charge on any atom is -0.400 e. The quantitative estimate of drug-likeness (QED) is 0.772. The zero-order valence-electron chi connectivity index (χ0n) is 12.6. The Labute approximate surface area is 116 Å². The molecule has 1 rings (SSSR count). The van der Waals surface area contributed by atoms with Crippen molar-refractivity contribution in [1.82, 2.24) is 0 Å². The van der Waals surface area contributed by atoms with Gasteiger partial charge in [0.15, 0.2) is 5.78 Å². The summed E-state index contributed by atoms with van der Waals surface area (Å²) in [6, 6.07) is 0. The largest absolute Gasteiger partial charge is 0.400 e. The Hall–Kier alpha value is -1.19. The fourth-order valence-corrected chi connectivity index (χ4v) is 2.44. The third-order valence-electron chi connectivity index (χ3n) is 3.32. The number of carbonyl (C=O) groups is 1. The van der Waals surface area contributed by atoms with Crippen LogP contribution in [0.3, 0.4) is 0 Å². The molecule has 0 amide bonds. The molecule has 0 aromatic heterocycles. The first-order valence-electron chi connectivity index (χ1n) is 6.48. The van der Waals surface area contributed by atoms with Gasteiger partial charge in [0.1, 0.15) is 0 Å². The number of aliphatic hydroxyl groups excluding tert-OH is 2. The van der Waals surface area contributed by atoms with Crippen molar-refractivity contribution in [3.8, 4) is 0 Å². The van der Waals surface area contributed by atoms with Crippen LogP contribution in [0.1, 0.15) is 34.1 Å². The number of ketones is 1. The molecule has 108 valence electrons. The molecule has 0 saturated carbocycles. The Kier molecular flexibility index (Phi) is 7.57. The second kappa shape index (κ2) is 8.08. The fourth-order valence-electron chi connectivity index (χ4n) is 2.44. The molecular formula is C16H26O3. The number of carbonyl (C=O) groups excluding carboxylic acids is 1. The second-order valence-corrected chi connectivity index (χ2v) is 5.49. The van der Waals surface area contributed by atoms with Crippen molar-refractivity contribution in [3.05, 3.63) is 35.5 Å². The topological polar surface area (TPSA) is 57.5 Å². The predicted octanol–water partition coefficient (Wildman–Crippen LogP) is 2.65. The molecule has 0 radical (unpaired) electrons. The summed E-state index contributed by atoms with van der Waals surface area (Å²) in [6.07, 6.45) is 8.29. The lowest BCUT2D eigenvalue weighted by molar-refractivity contribution is -0.117. The molecule has 0 heterocycles. The maximum absolute atomic E-state index is 11.5. The predicted molar refractivity (Wildman–Crippen MR) is 78.8 cm³/mol. The van der Waals surface area contributed by atoms with E-state index in [9.17, 15) is 4.79 Å². The van der Waals surface area contributed by atoms with E-state index in [2.05, 4.69) is 19.9 Å². The zero-order valence-corrected chi connectivity index (χ0v) is 12.6. The highest BCUT2D eigenvalue weighted by Crippen LogP contribution is 2.40. The van der Waals surface area contributed by atoms with E-state index in [0.29, 0.717) is 12.3 Å². The van der Waals surface area contributed by atoms with E-state index < -0.39 is 0 Å². The summed E-state index contributed by atoms with van der Waals surface area (Å²) < 4.78 is 0. The van der Waals surface area contributed by atoms with E-state index in [1.165, 1.54) is 0 Å². The van der Waals surface area contributed by atoms with Gasteiger partial charge in [-0.1, -0.05) is 43.2 Å². The third kappa shape index (κ3) is 5.53. The van der Waals surface area contributed by atoms with Crippen LogP contribution in [-0.4, -0.2) is 29.7 Å². The Morgan fingerprint density at radius 3 is 2.53 bits per heavy atom. The van der Waals surface area contributed by atoms with E-state index in [-0.39, 0.29) is 17.8 Å². The molecule has 0 aromatic carbocycles. The number of rotatable bonds is 3. The highest BCUT2D eigenvalue weighted by molar-refractivity contribution is 5.92. The van der Waals surface area contributed by atoms with E-state index in [1.54, 1.807) is 12.2 Å². The van der Waals surface area contributed by atoms with Crippen LogP contribution >= 0.6 is 0 Å². The van der Waals surface area contributed by atoms with Crippen LogP contribution in [-0.2, 0) is 4.79 Å². The van der Waals surface area contributed by atoms with Gasteiger partial charge in [0, 0.05) is 19.4 Å². The van der Waals surface area contributed by atoms with Gasteiger partial charge in [-0.15, -0.1) is 0 Å². The summed E-state index contributed by atoms with van der Waals surface area (Å²) in [5, 5.41) is 15.8. The van der Waals surface area contributed by atoms with Crippen molar-refractivity contribution in [2.24, 2.45) is 11.3 Å². The van der Waals surface area contributed by atoms with Gasteiger partial charge >= 0.3 is 0 Å². The maximum atomic E-state index is 11.5. The molecule has 19 heavy (non-hydrogen) atoms. The minimum atomic E-state index is -0.0219. The molecule has 0 fully saturated rings. The molecular weight excluding hydrogens is 240 g/mol. The Balaban J connectivity index is 0.00000154. The standard InChI is InChI=1S/C15H22O2.CH4O/c1-11(7-8-16)5-6-14-12(2)9-13(17)10-15(14,3)4;1-2/h5-7,9,14,16H,8,10H2,1-4H3;2H,1H3/b6-5+,11-7+;. The maximum Gasteiger partial charge on any atom is 0.156 e. The lowest BCUT2D eigenvalue weighted by atomic mass is 9.68. The van der Waals surface area contributed by atoms with Crippen molar-refractivity contribution in [3.63, 3.8) is 0 Å². The molecule has 0 aromatic rings. The highest BCUT2D eigenvalue weighted by atomic mass is 16.2. The molecule has 0 bridgehead atoms. The molecule has 0 aliphatic heterocycles. The van der Waals surface area contributed by atoms with Gasteiger partial charge in [0.2, 0.25) is 0 Å². The van der Waals surface area contributed by atoms with Crippen LogP contribution in [0.4, 0.5) is 0 Å². The molecule has 1 atom stereocenters. The van der Waals surface area contributed by atoms with Gasteiger partial charge in [-0.2, -0.15) is 0 Å². The fraction of sp³-hybridized carbons (Fsp3) is 0.562. The van der Waals surface area contributed by atoms with Gasteiger partial charge < -0.3 is 10.2 Å². The average molecular weight is 266 g/mol. The van der Waals surface area contributed by atoms with Gasteiger partial charge in [-0.25, -0.2) is 0 Å². The van der Waals surface area contributed by atoms with E-state index in [0.717, 1.165) is 18.3 Å². The number of aliphatic hydroxyl groups is 2. The first-order chi connectivity index (χ1) is 8.86. The second-order valence-electron chi connectivity index (χ2n) is 5.49. The summed E-state index contributed by atoms with van der Waals surface area (Å²) in [5.41, 5.74) is 2.15. The molecule has 1 aliphatic rings. The van der Waals surface area contributed by atoms with Gasteiger partial charge in [0.05, 0.1) is 6.61 Å². The summed E-state index contributed by atoms with van der Waals surface area (Å²) in [6.45, 7) is 8.30. The van der Waals surface area contributed by atoms with Crippen LogP contribution < -0.4 is 0 Å². The lowest BCUT2D eigenvalue weighted by Crippen LogP contribution is -2.30. The molecule has 1 unspecified atom stereocenters. The SMILES string of the molecule is CC1=CC(=O)CC(C)(C)C1/C=C/C(C)=C/CO.CO. The number of hydrogen-bond donors (Lipinski definition) is 2. The summed E-state index contributed by atoms with van der Waals surface area (Å²) in [7, 11) is 1.00. The number of allylic oxidation sites excluding steroid dienone is 5. The monoisotopic (exact) mass is 266 g/mol. The Bertz CT molecular complexity index is 387. The van der Waals surface area contributed by atoms with Crippen molar-refractivity contribution in [1.29, 1.82) is 0 Å². The van der Waals surface area contributed by atoms with Crippen LogP contribution in [0.2, 0.25) is 0 Å². The summed E-state index contributed by atoms with van der Waals surface area (Å²) in [4.78, 5) is 11.5. The van der Waals surface area contributed by atoms with Crippen LogP contribution in [0.15, 0.2) is 35.5 Å². The minimum absolute atomic E-state index is 0.0219. The molecule has 0 spiro atoms. The van der Waals surface area contributed by atoms with Crippen molar-refractivity contribution in [2.45, 2.75) is 34.1 Å². The van der Waals surface area contributed by atoms with Gasteiger partial charge in [-0.3, -0.25) is 4.79 Å². The normalized spacial score (nSPS) is 22.9. The number of hydrogen-bond acceptors (Lipinski definition) is 3. The molecule has 2 N–H and O–H groups in total. The lowest BCUT2D eigenvalue weighted by Gasteiger charge is -2.35. The first kappa shape index (κ1) is 17.8. The molecule has 3 nitrogen and oxygen atoms in total. The molecule has 1 aliphatic carbocycles. The van der Waals surface area contributed by atoms with E-state index in [1.807, 2.05) is 19.9 Å². The zero-order chi connectivity index (χ0) is 15.1. The Morgan fingerprint density at radius 2 is 2.05 bits per heavy atom. The van der Waals surface area contributed by atoms with Crippen molar-refractivity contribution < 1.29 is 15.0 Å². The Morgan fingerprint density at radius 1 is 1.47 bits per heavy atom. The average Bonchev–Trinajstić information content (AvgIpc) is 2.29. The molecule has 3 heteroatoms. The van der Waals surface area contributed by atoms with E-state index in [4.69, 9.17) is 10.2 Å². The van der Waals surface area contributed by atoms with Gasteiger partial charge in [0.25, 0.3) is 0 Å². The summed E-state index contributed by atoms with van der Waals surface area (Å²) >= 11 is 0. The smallest absolute Gasteiger partial charge is 0.156 e. The van der Waals surface area contributed by atoms with Crippen molar-refractivity contribution in [2.75, 3.05) is 13.7 Å². The van der Waals surface area contributed by atoms with E-state index >= 15 is 0 Å². The third-order valence-corrected chi connectivity index (χ3v) is 3.32. The van der Waals surface area contributed by atoms with Crippen LogP contribution in [0.5, 0.6) is 0 Å². The molecule has 0 saturated heterocycles. The highest BCUT2D eigenvalue weighted by Gasteiger charge is 2.34. The van der Waals surface area contributed by atoms with Crippen molar-refractivity contribution >= 4 is 5.78 Å². The van der Waals surface area contributed by atoms with Crippen LogP contribution in [0.25, 0.3) is 0 Å². The first-order valence-corrected chi connectivity index (χ1v) is 6.48. The summed E-state index contributed by atoms with van der Waals surface area (Å²) in [5.74, 6) is 0.516. The van der Waals surface area contributed by atoms with Gasteiger partial charge in [-0.05, 0) is 25.3 Å².